The molecule has 2 heterocycles. The van der Waals surface area contributed by atoms with E-state index in [1.807, 2.05) is 13.2 Å². The first-order valence-corrected chi connectivity index (χ1v) is 5.25. The molecule has 0 saturated heterocycles. The van der Waals surface area contributed by atoms with Crippen LogP contribution in [-0.4, -0.2) is 31.8 Å². The number of aromatic nitrogens is 5. The van der Waals surface area contributed by atoms with Crippen molar-refractivity contribution in [2.24, 2.45) is 7.05 Å². The molecule has 1 N–H and O–H groups in total. The van der Waals surface area contributed by atoms with Crippen molar-refractivity contribution in [2.75, 3.05) is 7.05 Å². The van der Waals surface area contributed by atoms with Crippen molar-refractivity contribution in [3.05, 3.63) is 29.8 Å². The lowest BCUT2D eigenvalue weighted by Crippen LogP contribution is -2.11. The number of rotatable bonds is 4. The first-order valence-electron chi connectivity index (χ1n) is 5.25. The number of aryl methyl sites for hydroxylation is 1. The largest absolute Gasteiger partial charge is 0.346 e. The molecule has 0 aromatic carbocycles. The fraction of sp³-hybridized carbons (Fsp3) is 0.500. The second kappa shape index (κ2) is 4.44. The van der Waals surface area contributed by atoms with Crippen molar-refractivity contribution >= 4 is 0 Å². The number of nitrogens with zero attached hydrogens (tertiary/aromatic N) is 5. The zero-order valence-corrected chi connectivity index (χ0v) is 9.75. The van der Waals surface area contributed by atoms with Crippen LogP contribution in [0.3, 0.4) is 0 Å². The Kier molecular flexibility index (Phi) is 3.00. The predicted octanol–water partition coefficient (Wildman–Crippen LogP) is 0.340. The van der Waals surface area contributed by atoms with Gasteiger partial charge < -0.3 is 9.88 Å². The van der Waals surface area contributed by atoms with Gasteiger partial charge in [-0.2, -0.15) is 4.80 Å². The minimum Gasteiger partial charge on any atom is -0.346 e. The topological polar surface area (TPSA) is 60.6 Å². The fourth-order valence-corrected chi connectivity index (χ4v) is 1.53. The Labute approximate surface area is 94.3 Å². The summed E-state index contributed by atoms with van der Waals surface area (Å²) in [4.78, 5) is 1.47. The molecule has 86 valence electrons. The summed E-state index contributed by atoms with van der Waals surface area (Å²) < 4.78 is 2.06. The Balaban J connectivity index is 2.08. The minimum atomic E-state index is 0.357. The van der Waals surface area contributed by atoms with Crippen LogP contribution in [0, 0.1) is 0 Å². The van der Waals surface area contributed by atoms with Gasteiger partial charge in [0.05, 0.1) is 13.6 Å². The van der Waals surface area contributed by atoms with Gasteiger partial charge >= 0.3 is 0 Å². The molecule has 0 amide bonds. The van der Waals surface area contributed by atoms with Crippen molar-refractivity contribution < 1.29 is 0 Å². The molecule has 2 aromatic heterocycles. The highest BCUT2D eigenvalue weighted by Gasteiger charge is 2.06. The second-order valence-corrected chi connectivity index (χ2v) is 3.82. The molecule has 0 saturated carbocycles. The summed E-state index contributed by atoms with van der Waals surface area (Å²) in [5.41, 5.74) is 1.26. The monoisotopic (exact) mass is 220 g/mol. The first-order chi connectivity index (χ1) is 7.69. The molecule has 0 fully saturated rings. The zero-order chi connectivity index (χ0) is 11.5. The van der Waals surface area contributed by atoms with Gasteiger partial charge in [0.25, 0.3) is 0 Å². The van der Waals surface area contributed by atoms with Crippen LogP contribution in [0.25, 0.3) is 0 Å². The Hall–Kier alpha value is -1.69. The van der Waals surface area contributed by atoms with Gasteiger partial charge in [-0.05, 0) is 30.8 Å². The van der Waals surface area contributed by atoms with Crippen LogP contribution in [0.4, 0.5) is 0 Å². The van der Waals surface area contributed by atoms with Crippen LogP contribution in [0.1, 0.15) is 24.4 Å². The first kappa shape index (κ1) is 10.8. The molecule has 6 heteroatoms. The van der Waals surface area contributed by atoms with E-state index in [1.54, 1.807) is 7.05 Å². The third kappa shape index (κ3) is 2.27. The lowest BCUT2D eigenvalue weighted by atomic mass is 10.2. The maximum atomic E-state index is 4.14. The van der Waals surface area contributed by atoms with Crippen molar-refractivity contribution in [2.45, 2.75) is 19.5 Å². The molecular weight excluding hydrogens is 204 g/mol. The summed E-state index contributed by atoms with van der Waals surface area (Å²) in [6, 6.07) is 2.45. The van der Waals surface area contributed by atoms with Crippen molar-refractivity contribution in [1.82, 2.24) is 30.1 Å². The van der Waals surface area contributed by atoms with Crippen LogP contribution < -0.4 is 5.32 Å². The van der Waals surface area contributed by atoms with E-state index < -0.39 is 0 Å². The average molecular weight is 220 g/mol. The number of nitrogens with one attached hydrogen (secondary N) is 1. The third-order valence-corrected chi connectivity index (χ3v) is 2.58. The summed E-state index contributed by atoms with van der Waals surface area (Å²) in [6.45, 7) is 2.78. The van der Waals surface area contributed by atoms with E-state index in [0.29, 0.717) is 12.6 Å². The van der Waals surface area contributed by atoms with Gasteiger partial charge in [-0.15, -0.1) is 10.2 Å². The summed E-state index contributed by atoms with van der Waals surface area (Å²) in [5, 5.41) is 15.1. The Bertz CT molecular complexity index is 457. The molecule has 0 aliphatic heterocycles. The number of hydrogen-bond acceptors (Lipinski definition) is 4. The quantitative estimate of drug-likeness (QED) is 0.807. The fourth-order valence-electron chi connectivity index (χ4n) is 1.53. The zero-order valence-electron chi connectivity index (χ0n) is 9.75. The Morgan fingerprint density at radius 2 is 2.31 bits per heavy atom. The van der Waals surface area contributed by atoms with Crippen LogP contribution >= 0.6 is 0 Å². The molecule has 16 heavy (non-hydrogen) atoms. The highest BCUT2D eigenvalue weighted by atomic mass is 15.6. The van der Waals surface area contributed by atoms with Gasteiger partial charge in [0.2, 0.25) is 0 Å². The van der Waals surface area contributed by atoms with Crippen LogP contribution in [0.5, 0.6) is 0 Å². The molecule has 0 aliphatic rings. The van der Waals surface area contributed by atoms with E-state index in [-0.39, 0.29) is 0 Å². The van der Waals surface area contributed by atoms with Crippen LogP contribution in [-0.2, 0) is 13.6 Å². The van der Waals surface area contributed by atoms with Gasteiger partial charge in [-0.25, -0.2) is 0 Å². The Morgan fingerprint density at radius 1 is 1.50 bits per heavy atom. The molecule has 2 rings (SSSR count). The molecule has 0 radical (unpaired) electrons. The predicted molar refractivity (Wildman–Crippen MR) is 59.8 cm³/mol. The van der Waals surface area contributed by atoms with Gasteiger partial charge in [0.15, 0.2) is 5.82 Å². The molecule has 1 atom stereocenters. The van der Waals surface area contributed by atoms with Gasteiger partial charge in [-0.3, -0.25) is 0 Å². The summed E-state index contributed by atoms with van der Waals surface area (Å²) in [5.74, 6) is 0.724. The van der Waals surface area contributed by atoms with E-state index >= 15 is 0 Å². The summed E-state index contributed by atoms with van der Waals surface area (Å²) >= 11 is 0. The normalized spacial score (nSPS) is 12.9. The van der Waals surface area contributed by atoms with Gasteiger partial charge in [0.1, 0.15) is 0 Å². The number of tetrazole rings is 1. The molecule has 0 aliphatic carbocycles. The van der Waals surface area contributed by atoms with E-state index in [4.69, 9.17) is 0 Å². The van der Waals surface area contributed by atoms with E-state index in [1.165, 1.54) is 10.4 Å². The average Bonchev–Trinajstić information content (AvgIpc) is 2.87. The van der Waals surface area contributed by atoms with Gasteiger partial charge in [0, 0.05) is 18.4 Å². The highest BCUT2D eigenvalue weighted by Crippen LogP contribution is 2.12. The summed E-state index contributed by atoms with van der Waals surface area (Å²) in [7, 11) is 3.72. The molecule has 0 bridgehead atoms. The maximum Gasteiger partial charge on any atom is 0.194 e. The van der Waals surface area contributed by atoms with Crippen molar-refractivity contribution in [1.29, 1.82) is 0 Å². The standard InChI is InChI=1S/C10H16N6/c1-8(11-2)9-4-5-16(6-9)7-10-12-14-15(3)13-10/h4-6,8,11H,7H2,1-3H3. The second-order valence-electron chi connectivity index (χ2n) is 3.82. The van der Waals surface area contributed by atoms with Crippen molar-refractivity contribution in [3.8, 4) is 0 Å². The van der Waals surface area contributed by atoms with Crippen LogP contribution in [0.15, 0.2) is 18.5 Å². The number of hydrogen-bond donors (Lipinski definition) is 1. The third-order valence-electron chi connectivity index (χ3n) is 2.58. The minimum absolute atomic E-state index is 0.357. The Morgan fingerprint density at radius 3 is 2.94 bits per heavy atom. The van der Waals surface area contributed by atoms with E-state index in [0.717, 1.165) is 5.82 Å². The van der Waals surface area contributed by atoms with Gasteiger partial charge in [-0.1, -0.05) is 0 Å². The van der Waals surface area contributed by atoms with Crippen molar-refractivity contribution in [3.63, 3.8) is 0 Å². The van der Waals surface area contributed by atoms with E-state index in [9.17, 15) is 0 Å². The highest BCUT2D eigenvalue weighted by molar-refractivity contribution is 5.14. The molecule has 6 nitrogen and oxygen atoms in total. The molecular formula is C10H16N6. The summed E-state index contributed by atoms with van der Waals surface area (Å²) in [6.07, 6.45) is 4.12. The maximum absolute atomic E-state index is 4.14. The SMILES string of the molecule is CNC(C)c1ccn(Cc2nnn(C)n2)c1. The van der Waals surface area contributed by atoms with E-state index in [2.05, 4.69) is 44.5 Å². The smallest absolute Gasteiger partial charge is 0.194 e. The molecule has 2 aromatic rings. The molecule has 0 spiro atoms. The lowest BCUT2D eigenvalue weighted by molar-refractivity contribution is 0.624. The molecule has 1 unspecified atom stereocenters. The lowest BCUT2D eigenvalue weighted by Gasteiger charge is -2.06. The van der Waals surface area contributed by atoms with Crippen LogP contribution in [0.2, 0.25) is 0 Å².